The number of benzene rings is 5. The van der Waals surface area contributed by atoms with E-state index in [0.29, 0.717) is 22.5 Å². The lowest BCUT2D eigenvalue weighted by molar-refractivity contribution is -0.116. The van der Waals surface area contributed by atoms with Gasteiger partial charge in [-0.1, -0.05) is 70.5 Å². The highest BCUT2D eigenvalue weighted by molar-refractivity contribution is 9.10. The lowest BCUT2D eigenvalue weighted by atomic mass is 10.1. The average molecular weight is 723 g/mol. The number of hydrogen-bond donors (Lipinski definition) is 3. The predicted octanol–water partition coefficient (Wildman–Crippen LogP) is 8.67. The Hall–Kier alpha value is -5.32. The number of Topliss-reactive ketones (excluding diaryl/α,β-unsaturated/α-hetero) is 1. The molecule has 0 aliphatic rings. The van der Waals surface area contributed by atoms with Crippen molar-refractivity contribution < 1.29 is 23.6 Å². The lowest BCUT2D eigenvalue weighted by Crippen LogP contribution is -2.31. The minimum Gasteiger partial charge on any atom is -0.325 e. The molecule has 5 aromatic carbocycles. The van der Waals surface area contributed by atoms with E-state index in [1.54, 1.807) is 72.8 Å². The van der Waals surface area contributed by atoms with E-state index in [-0.39, 0.29) is 23.0 Å². The van der Waals surface area contributed by atoms with Gasteiger partial charge in [0.2, 0.25) is 5.91 Å². The van der Waals surface area contributed by atoms with Crippen LogP contribution in [-0.4, -0.2) is 23.5 Å². The molecule has 0 saturated heterocycles. The van der Waals surface area contributed by atoms with E-state index in [1.807, 2.05) is 30.3 Å². The zero-order valence-corrected chi connectivity index (χ0v) is 28.0. The summed E-state index contributed by atoms with van der Waals surface area (Å²) < 4.78 is 15.2. The Labute approximate surface area is 289 Å². The van der Waals surface area contributed by atoms with Crippen molar-refractivity contribution in [1.29, 1.82) is 0 Å². The van der Waals surface area contributed by atoms with Crippen molar-refractivity contribution >= 4 is 68.6 Å². The van der Waals surface area contributed by atoms with Gasteiger partial charge in [0.05, 0.1) is 5.56 Å². The summed E-state index contributed by atoms with van der Waals surface area (Å²) in [5, 5.41) is 7.67. The molecule has 0 saturated carbocycles. The molecular formula is C38H29BrFN3O4S. The molecular weight excluding hydrogens is 693 g/mol. The number of hydrogen-bond acceptors (Lipinski definition) is 5. The summed E-state index contributed by atoms with van der Waals surface area (Å²) in [5.41, 5.74) is 2.73. The number of nitrogens with one attached hydrogen (secondary N) is 3. The van der Waals surface area contributed by atoms with E-state index in [4.69, 9.17) is 0 Å². The van der Waals surface area contributed by atoms with Gasteiger partial charge in [0.15, 0.2) is 5.78 Å². The third kappa shape index (κ3) is 9.15. The zero-order chi connectivity index (χ0) is 34.0. The SMILES string of the molecule is CC(=O)c1ccc(NC(=O)C(Sc2ccc(NC(=O)/C(=C\c3ccc(Br)cc3)NC(=O)c3ccccc3F)cc2)c2ccccc2)cc1. The molecule has 3 amide bonds. The molecule has 5 aromatic rings. The van der Waals surface area contributed by atoms with Crippen LogP contribution in [-0.2, 0) is 9.59 Å². The average Bonchev–Trinajstić information content (AvgIpc) is 3.09. The fraction of sp³-hybridized carbons (Fsp3) is 0.0526. The van der Waals surface area contributed by atoms with E-state index in [9.17, 15) is 23.6 Å². The van der Waals surface area contributed by atoms with Gasteiger partial charge in [0, 0.05) is 26.3 Å². The fourth-order valence-electron chi connectivity index (χ4n) is 4.57. The third-order valence-corrected chi connectivity index (χ3v) is 8.85. The van der Waals surface area contributed by atoms with Crippen molar-refractivity contribution in [3.63, 3.8) is 0 Å². The van der Waals surface area contributed by atoms with E-state index < -0.39 is 22.9 Å². The molecule has 1 unspecified atom stereocenters. The second kappa shape index (κ2) is 16.0. The first-order chi connectivity index (χ1) is 23.2. The number of carbonyl (C=O) groups excluding carboxylic acids is 4. The van der Waals surface area contributed by atoms with Crippen LogP contribution in [0.1, 0.15) is 44.0 Å². The van der Waals surface area contributed by atoms with Crippen LogP contribution >= 0.6 is 27.7 Å². The Balaban J connectivity index is 1.32. The molecule has 240 valence electrons. The number of ketones is 1. The number of carbonyl (C=O) groups is 4. The van der Waals surface area contributed by atoms with Crippen molar-refractivity contribution in [2.24, 2.45) is 0 Å². The topological polar surface area (TPSA) is 104 Å². The Morgan fingerprint density at radius 1 is 0.729 bits per heavy atom. The molecule has 0 radical (unpaired) electrons. The van der Waals surface area contributed by atoms with Crippen LogP contribution < -0.4 is 16.0 Å². The van der Waals surface area contributed by atoms with Gasteiger partial charge in [0.25, 0.3) is 11.8 Å². The summed E-state index contributed by atoms with van der Waals surface area (Å²) in [4.78, 5) is 52.2. The maximum atomic E-state index is 14.3. The van der Waals surface area contributed by atoms with Gasteiger partial charge in [-0.15, -0.1) is 11.8 Å². The normalized spacial score (nSPS) is 11.7. The Bertz CT molecular complexity index is 1970. The molecule has 10 heteroatoms. The molecule has 0 bridgehead atoms. The molecule has 0 aromatic heterocycles. The third-order valence-electron chi connectivity index (χ3n) is 7.06. The summed E-state index contributed by atoms with van der Waals surface area (Å²) >= 11 is 4.72. The van der Waals surface area contributed by atoms with Crippen LogP contribution in [0.15, 0.2) is 142 Å². The van der Waals surface area contributed by atoms with Crippen LogP contribution in [0, 0.1) is 5.82 Å². The summed E-state index contributed by atoms with van der Waals surface area (Å²) in [6, 6.07) is 35.6. The molecule has 0 fully saturated rings. The quantitative estimate of drug-likeness (QED) is 0.0720. The highest BCUT2D eigenvalue weighted by Crippen LogP contribution is 2.37. The summed E-state index contributed by atoms with van der Waals surface area (Å²) in [6.07, 6.45) is 1.50. The molecule has 0 aliphatic heterocycles. The molecule has 5 rings (SSSR count). The monoisotopic (exact) mass is 721 g/mol. The maximum Gasteiger partial charge on any atom is 0.272 e. The largest absolute Gasteiger partial charge is 0.325 e. The van der Waals surface area contributed by atoms with Crippen LogP contribution in [0.5, 0.6) is 0 Å². The number of anilines is 2. The molecule has 48 heavy (non-hydrogen) atoms. The Morgan fingerprint density at radius 2 is 1.33 bits per heavy atom. The lowest BCUT2D eigenvalue weighted by Gasteiger charge is -2.18. The first-order valence-corrected chi connectivity index (χ1v) is 16.4. The molecule has 7 nitrogen and oxygen atoms in total. The van der Waals surface area contributed by atoms with E-state index in [2.05, 4.69) is 31.9 Å². The van der Waals surface area contributed by atoms with Crippen LogP contribution in [0.2, 0.25) is 0 Å². The minimum absolute atomic E-state index is 0.0607. The van der Waals surface area contributed by atoms with Crippen molar-refractivity contribution in [3.8, 4) is 0 Å². The summed E-state index contributed by atoms with van der Waals surface area (Å²) in [5.74, 6) is -2.39. The van der Waals surface area contributed by atoms with Crippen LogP contribution in [0.25, 0.3) is 6.08 Å². The predicted molar refractivity (Wildman–Crippen MR) is 191 cm³/mol. The molecule has 3 N–H and O–H groups in total. The number of thioether (sulfide) groups is 1. The maximum absolute atomic E-state index is 14.3. The Kier molecular flexibility index (Phi) is 11.3. The Morgan fingerprint density at radius 3 is 1.98 bits per heavy atom. The summed E-state index contributed by atoms with van der Waals surface area (Å²) in [6.45, 7) is 1.48. The molecule has 1 atom stereocenters. The van der Waals surface area contributed by atoms with E-state index in [1.165, 1.54) is 49.0 Å². The highest BCUT2D eigenvalue weighted by atomic mass is 79.9. The van der Waals surface area contributed by atoms with Gasteiger partial charge >= 0.3 is 0 Å². The smallest absolute Gasteiger partial charge is 0.272 e. The molecule has 0 spiro atoms. The van der Waals surface area contributed by atoms with Crippen molar-refractivity contribution in [1.82, 2.24) is 5.32 Å². The highest BCUT2D eigenvalue weighted by Gasteiger charge is 2.23. The van der Waals surface area contributed by atoms with Gasteiger partial charge < -0.3 is 16.0 Å². The first kappa shape index (κ1) is 34.0. The first-order valence-electron chi connectivity index (χ1n) is 14.7. The number of amides is 3. The van der Waals surface area contributed by atoms with Gasteiger partial charge in [0.1, 0.15) is 16.8 Å². The molecule has 0 heterocycles. The van der Waals surface area contributed by atoms with Gasteiger partial charge in [-0.2, -0.15) is 0 Å². The van der Waals surface area contributed by atoms with Crippen LogP contribution in [0.3, 0.4) is 0 Å². The van der Waals surface area contributed by atoms with Crippen molar-refractivity contribution in [2.45, 2.75) is 17.1 Å². The standard InChI is InChI=1S/C38H29BrFN3O4S/c1-24(44)26-13-17-29(18-14-26)42-38(47)35(27-7-3-2-4-8-27)48-31-21-19-30(20-22-31)41-37(46)34(23-25-11-15-28(39)16-12-25)43-36(45)32-9-5-6-10-33(32)40/h2-23,35H,1H3,(H,41,46)(H,42,47)(H,43,45)/b34-23+. The molecule has 0 aliphatic carbocycles. The summed E-state index contributed by atoms with van der Waals surface area (Å²) in [7, 11) is 0. The van der Waals surface area contributed by atoms with E-state index >= 15 is 0 Å². The minimum atomic E-state index is -0.765. The van der Waals surface area contributed by atoms with Gasteiger partial charge in [-0.25, -0.2) is 4.39 Å². The zero-order valence-electron chi connectivity index (χ0n) is 25.6. The fourth-order valence-corrected chi connectivity index (χ4v) is 5.86. The van der Waals surface area contributed by atoms with Crippen molar-refractivity contribution in [3.05, 3.63) is 166 Å². The van der Waals surface area contributed by atoms with Gasteiger partial charge in [-0.05, 0) is 96.9 Å². The van der Waals surface area contributed by atoms with Crippen LogP contribution in [0.4, 0.5) is 15.8 Å². The van der Waals surface area contributed by atoms with Gasteiger partial charge in [-0.3, -0.25) is 19.2 Å². The second-order valence-electron chi connectivity index (χ2n) is 10.6. The van der Waals surface area contributed by atoms with E-state index in [0.717, 1.165) is 14.9 Å². The number of halogens is 2. The van der Waals surface area contributed by atoms with Crippen molar-refractivity contribution in [2.75, 3.05) is 10.6 Å². The second-order valence-corrected chi connectivity index (χ2v) is 12.6. The number of rotatable bonds is 11.